The van der Waals surface area contributed by atoms with E-state index in [4.69, 9.17) is 4.74 Å². The van der Waals surface area contributed by atoms with E-state index in [0.29, 0.717) is 48.7 Å². The number of carbonyl (C=O) groups excluding carboxylic acids is 3. The van der Waals surface area contributed by atoms with Crippen molar-refractivity contribution in [3.8, 4) is 5.75 Å². The summed E-state index contributed by atoms with van der Waals surface area (Å²) in [4.78, 5) is 50.6. The van der Waals surface area contributed by atoms with E-state index in [-0.39, 0.29) is 30.1 Å². The molecule has 3 atom stereocenters. The van der Waals surface area contributed by atoms with Gasteiger partial charge in [0.25, 0.3) is 0 Å². The number of likely N-dealkylation sites (tertiary alicyclic amines) is 1. The molecule has 0 saturated carbocycles. The Morgan fingerprint density at radius 2 is 1.84 bits per heavy atom. The monoisotopic (exact) mass is 611 g/mol. The number of hydrogen-bond donors (Lipinski definition) is 4. The van der Waals surface area contributed by atoms with Crippen LogP contribution in [-0.2, 0) is 20.9 Å². The number of amides is 3. The molecule has 1 fully saturated rings. The number of carbonyl (C=O) groups is 3. The predicted molar refractivity (Wildman–Crippen MR) is 170 cm³/mol. The summed E-state index contributed by atoms with van der Waals surface area (Å²) in [6.07, 6.45) is 2.67. The molecule has 0 spiro atoms. The third-order valence-electron chi connectivity index (χ3n) is 7.58. The second kappa shape index (κ2) is 14.5. The van der Waals surface area contributed by atoms with Gasteiger partial charge in [-0.15, -0.1) is 12.4 Å². The highest BCUT2D eigenvalue weighted by Gasteiger charge is 2.42. The van der Waals surface area contributed by atoms with E-state index in [1.807, 2.05) is 51.1 Å². The van der Waals surface area contributed by atoms with Crippen LogP contribution in [0, 0.1) is 5.41 Å². The first kappa shape index (κ1) is 33.5. The number of fused-ring (bicyclic) bond motifs is 1. The van der Waals surface area contributed by atoms with Crippen molar-refractivity contribution in [1.29, 1.82) is 0 Å². The van der Waals surface area contributed by atoms with Gasteiger partial charge in [-0.25, -0.2) is 9.97 Å². The van der Waals surface area contributed by atoms with Crippen molar-refractivity contribution < 1.29 is 19.1 Å². The maximum absolute atomic E-state index is 13.8. The second-order valence-corrected chi connectivity index (χ2v) is 11.6. The van der Waals surface area contributed by atoms with E-state index >= 15 is 0 Å². The minimum absolute atomic E-state index is 0. The Labute approximate surface area is 259 Å². The number of halogens is 1. The van der Waals surface area contributed by atoms with Gasteiger partial charge in [0, 0.05) is 24.5 Å². The summed E-state index contributed by atoms with van der Waals surface area (Å²) >= 11 is 0. The number of anilines is 2. The van der Waals surface area contributed by atoms with E-state index in [9.17, 15) is 14.4 Å². The normalized spacial score (nSPS) is 16.1. The Bertz CT molecular complexity index is 1430. The van der Waals surface area contributed by atoms with Crippen LogP contribution in [0.5, 0.6) is 5.75 Å². The van der Waals surface area contributed by atoms with Gasteiger partial charge in [-0.2, -0.15) is 0 Å². The van der Waals surface area contributed by atoms with Gasteiger partial charge in [0.05, 0.1) is 24.4 Å². The maximum atomic E-state index is 13.8. The van der Waals surface area contributed by atoms with Crippen LogP contribution in [0.3, 0.4) is 0 Å². The molecule has 3 aromatic rings. The number of ether oxygens (including phenoxy) is 1. The van der Waals surface area contributed by atoms with Crippen molar-refractivity contribution in [3.63, 3.8) is 0 Å². The van der Waals surface area contributed by atoms with Gasteiger partial charge in [-0.1, -0.05) is 51.1 Å². The van der Waals surface area contributed by atoms with Crippen molar-refractivity contribution in [3.05, 3.63) is 54.4 Å². The quantitative estimate of drug-likeness (QED) is 0.272. The van der Waals surface area contributed by atoms with E-state index in [2.05, 4.69) is 31.2 Å². The van der Waals surface area contributed by atoms with Crippen LogP contribution < -0.4 is 26.0 Å². The Hall–Kier alpha value is -3.96. The van der Waals surface area contributed by atoms with Crippen molar-refractivity contribution in [2.75, 3.05) is 31.3 Å². The van der Waals surface area contributed by atoms with E-state index in [1.54, 1.807) is 31.0 Å². The molecule has 2 heterocycles. The zero-order valence-electron chi connectivity index (χ0n) is 25.6. The van der Waals surface area contributed by atoms with Crippen LogP contribution >= 0.6 is 12.4 Å². The molecule has 11 nitrogen and oxygen atoms in total. The van der Waals surface area contributed by atoms with Crippen LogP contribution in [0.4, 0.5) is 11.5 Å². The fourth-order valence-electron chi connectivity index (χ4n) is 5.00. The molecule has 0 radical (unpaired) electrons. The molecular formula is C31H42ClN7O4. The minimum atomic E-state index is -0.792. The predicted octanol–water partition coefficient (Wildman–Crippen LogP) is 3.74. The first-order valence-corrected chi connectivity index (χ1v) is 14.2. The summed E-state index contributed by atoms with van der Waals surface area (Å²) in [6, 6.07) is 11.6. The molecule has 1 aliphatic heterocycles. The lowest BCUT2D eigenvalue weighted by Crippen LogP contribution is -2.59. The fraction of sp³-hybridized carbons (Fsp3) is 0.452. The Morgan fingerprint density at radius 1 is 1.12 bits per heavy atom. The van der Waals surface area contributed by atoms with Gasteiger partial charge >= 0.3 is 0 Å². The Kier molecular flexibility index (Phi) is 11.3. The minimum Gasteiger partial charge on any atom is -0.494 e. The third kappa shape index (κ3) is 7.91. The largest absolute Gasteiger partial charge is 0.494 e. The van der Waals surface area contributed by atoms with Crippen molar-refractivity contribution in [1.82, 2.24) is 25.5 Å². The summed E-state index contributed by atoms with van der Waals surface area (Å²) in [5.74, 6) is 0.199. The molecule has 1 aromatic heterocycles. The van der Waals surface area contributed by atoms with Gasteiger partial charge < -0.3 is 30.9 Å². The summed E-state index contributed by atoms with van der Waals surface area (Å²) < 4.78 is 5.59. The highest BCUT2D eigenvalue weighted by molar-refractivity contribution is 6.02. The van der Waals surface area contributed by atoms with Crippen LogP contribution in [0.2, 0.25) is 0 Å². The van der Waals surface area contributed by atoms with Gasteiger partial charge in [0.15, 0.2) is 0 Å². The van der Waals surface area contributed by atoms with Crippen molar-refractivity contribution in [2.24, 2.45) is 5.41 Å². The summed E-state index contributed by atoms with van der Waals surface area (Å²) in [6.45, 7) is 8.43. The average Bonchev–Trinajstić information content (AvgIpc) is 3.48. The number of methoxy groups -OCH3 is 1. The molecule has 3 amide bonds. The van der Waals surface area contributed by atoms with Gasteiger partial charge in [-0.05, 0) is 43.9 Å². The fourth-order valence-corrected chi connectivity index (χ4v) is 5.00. The molecule has 43 heavy (non-hydrogen) atoms. The molecule has 0 unspecified atom stereocenters. The Balaban J connectivity index is 0.00000506. The maximum Gasteiger partial charge on any atom is 0.247 e. The number of nitrogens with one attached hydrogen (secondary N) is 4. The molecule has 4 rings (SSSR count). The first-order valence-electron chi connectivity index (χ1n) is 14.2. The highest BCUT2D eigenvalue weighted by atomic mass is 35.5. The molecule has 1 saturated heterocycles. The molecular weight excluding hydrogens is 570 g/mol. The summed E-state index contributed by atoms with van der Waals surface area (Å²) in [7, 11) is 3.22. The Morgan fingerprint density at radius 3 is 2.49 bits per heavy atom. The van der Waals surface area contributed by atoms with Gasteiger partial charge in [0.1, 0.15) is 30.0 Å². The summed E-state index contributed by atoms with van der Waals surface area (Å²) in [5, 5.41) is 12.9. The number of nitrogens with zero attached hydrogens (tertiary/aromatic N) is 3. The topological polar surface area (TPSA) is 138 Å². The first-order chi connectivity index (χ1) is 20.0. The zero-order valence-corrected chi connectivity index (χ0v) is 26.4. The van der Waals surface area contributed by atoms with Crippen LogP contribution in [0.1, 0.15) is 46.1 Å². The molecule has 4 N–H and O–H groups in total. The van der Waals surface area contributed by atoms with Crippen LogP contribution in [-0.4, -0.2) is 71.4 Å². The number of benzene rings is 2. The third-order valence-corrected chi connectivity index (χ3v) is 7.58. The van der Waals surface area contributed by atoms with Crippen LogP contribution in [0.15, 0.2) is 48.8 Å². The van der Waals surface area contributed by atoms with Gasteiger partial charge in [0.2, 0.25) is 17.7 Å². The number of likely N-dealkylation sites (N-methyl/N-ethyl adjacent to an activating group) is 1. The zero-order chi connectivity index (χ0) is 30.4. The molecule has 0 aliphatic carbocycles. The molecule has 2 aromatic carbocycles. The lowest BCUT2D eigenvalue weighted by Gasteiger charge is -2.36. The highest BCUT2D eigenvalue weighted by Crippen LogP contribution is 2.33. The lowest BCUT2D eigenvalue weighted by molar-refractivity contribution is -0.143. The van der Waals surface area contributed by atoms with Crippen molar-refractivity contribution in [2.45, 2.75) is 65.2 Å². The van der Waals surface area contributed by atoms with E-state index in [0.717, 1.165) is 10.9 Å². The molecule has 232 valence electrons. The van der Waals surface area contributed by atoms with Gasteiger partial charge in [-0.3, -0.25) is 14.4 Å². The SMILES string of the molecule is CN[C@@H](C)C(=O)N[C@H](C(=O)N1CCC[C@H]1C(=O)Nc1cc2c(NCc3ccccc3)ncnc2cc1OC)C(C)(C)C.Cl. The summed E-state index contributed by atoms with van der Waals surface area (Å²) in [5.41, 5.74) is 1.65. The molecule has 0 bridgehead atoms. The van der Waals surface area contributed by atoms with Crippen molar-refractivity contribution >= 4 is 52.5 Å². The van der Waals surface area contributed by atoms with Crippen LogP contribution in [0.25, 0.3) is 10.9 Å². The number of aromatic nitrogens is 2. The second-order valence-electron chi connectivity index (χ2n) is 11.6. The average molecular weight is 612 g/mol. The van der Waals surface area contributed by atoms with E-state index in [1.165, 1.54) is 13.4 Å². The lowest BCUT2D eigenvalue weighted by atomic mass is 9.85. The smallest absolute Gasteiger partial charge is 0.247 e. The number of hydrogen-bond acceptors (Lipinski definition) is 8. The molecule has 12 heteroatoms. The number of rotatable bonds is 10. The van der Waals surface area contributed by atoms with E-state index < -0.39 is 23.5 Å². The standard InChI is InChI=1S/C31H41N7O4.ClH/c1-19(32-5)28(39)37-26(31(2,3)4)30(41)38-14-10-13-24(38)29(40)36-23-15-21-22(16-25(23)42-6)34-18-35-27(21)33-17-20-11-8-7-9-12-20;/h7-9,11-12,15-16,18-19,24,26,32H,10,13-14,17H2,1-6H3,(H,36,40)(H,37,39)(H,33,34,35);1H/t19-,24-,26+;/m0./s1. The molecule has 1 aliphatic rings.